The van der Waals surface area contributed by atoms with Gasteiger partial charge in [-0.25, -0.2) is 4.79 Å². The highest BCUT2D eigenvalue weighted by molar-refractivity contribution is 9.13. The highest BCUT2D eigenvalue weighted by Gasteiger charge is 2.28. The van der Waals surface area contributed by atoms with Gasteiger partial charge in [-0.3, -0.25) is 9.89 Å². The average Bonchev–Trinajstić information content (AvgIpc) is 2.79. The van der Waals surface area contributed by atoms with Gasteiger partial charge in [-0.1, -0.05) is 0 Å². The first kappa shape index (κ1) is 15.3. The maximum Gasteiger partial charge on any atom is 0.409 e. The second-order valence-electron chi connectivity index (χ2n) is 4.18. The molecule has 2 amide bonds. The molecular weight excluding hydrogens is 396 g/mol. The number of H-pyrrole nitrogens is 1. The van der Waals surface area contributed by atoms with Crippen molar-refractivity contribution < 1.29 is 14.3 Å². The molecule has 0 saturated carbocycles. The van der Waals surface area contributed by atoms with Gasteiger partial charge in [0.15, 0.2) is 5.69 Å². The first-order valence-electron chi connectivity index (χ1n) is 6.15. The molecule has 110 valence electrons. The van der Waals surface area contributed by atoms with E-state index in [0.29, 0.717) is 47.6 Å². The number of aromatic nitrogens is 2. The van der Waals surface area contributed by atoms with Crippen LogP contribution in [0.3, 0.4) is 0 Å². The van der Waals surface area contributed by atoms with Crippen molar-refractivity contribution in [3.05, 3.63) is 14.8 Å². The molecule has 20 heavy (non-hydrogen) atoms. The average molecular weight is 410 g/mol. The Kier molecular flexibility index (Phi) is 5.03. The molecule has 2 rings (SSSR count). The molecule has 1 N–H and O–H groups in total. The van der Waals surface area contributed by atoms with Crippen LogP contribution >= 0.6 is 31.9 Å². The molecule has 7 nitrogen and oxygen atoms in total. The number of nitrogens with zero attached hydrogens (tertiary/aromatic N) is 3. The summed E-state index contributed by atoms with van der Waals surface area (Å²) in [5.41, 5.74) is 0.335. The molecule has 0 bridgehead atoms. The van der Waals surface area contributed by atoms with E-state index in [1.54, 1.807) is 16.7 Å². The monoisotopic (exact) mass is 408 g/mol. The second kappa shape index (κ2) is 6.57. The summed E-state index contributed by atoms with van der Waals surface area (Å²) in [5, 5.41) is 6.65. The predicted octanol–water partition coefficient (Wildman–Crippen LogP) is 1.85. The van der Waals surface area contributed by atoms with Gasteiger partial charge in [-0.15, -0.1) is 0 Å². The Morgan fingerprint density at radius 2 is 1.85 bits per heavy atom. The van der Waals surface area contributed by atoms with E-state index in [4.69, 9.17) is 4.74 Å². The lowest BCUT2D eigenvalue weighted by atomic mass is 10.3. The van der Waals surface area contributed by atoms with Gasteiger partial charge in [0.05, 0.1) is 11.1 Å². The highest BCUT2D eigenvalue weighted by Crippen LogP contribution is 2.25. The van der Waals surface area contributed by atoms with Crippen LogP contribution in [0.1, 0.15) is 17.4 Å². The summed E-state index contributed by atoms with van der Waals surface area (Å²) in [4.78, 5) is 27.1. The summed E-state index contributed by atoms with van der Waals surface area (Å²) in [6, 6.07) is 0. The van der Waals surface area contributed by atoms with Gasteiger partial charge in [0.25, 0.3) is 5.91 Å². The normalized spacial score (nSPS) is 15.3. The topological polar surface area (TPSA) is 78.5 Å². The Bertz CT molecular complexity index is 512. The molecular formula is C11H14Br2N4O3. The van der Waals surface area contributed by atoms with Crippen LogP contribution in [0.25, 0.3) is 0 Å². The Labute approximate surface area is 132 Å². The largest absolute Gasteiger partial charge is 0.450 e. The minimum Gasteiger partial charge on any atom is -0.450 e. The Morgan fingerprint density at radius 1 is 1.25 bits per heavy atom. The maximum absolute atomic E-state index is 12.3. The molecule has 1 saturated heterocycles. The van der Waals surface area contributed by atoms with Crippen molar-refractivity contribution in [2.24, 2.45) is 0 Å². The number of nitrogens with one attached hydrogen (secondary N) is 1. The first-order valence-corrected chi connectivity index (χ1v) is 7.73. The predicted molar refractivity (Wildman–Crippen MR) is 78.5 cm³/mol. The third kappa shape index (κ3) is 3.14. The zero-order chi connectivity index (χ0) is 14.7. The highest BCUT2D eigenvalue weighted by atomic mass is 79.9. The standard InChI is InChI=1S/C11H14Br2N4O3/c1-2-20-11(19)17-5-3-16(4-6-17)10(18)8-7(12)9(13)15-14-8/h2-6H2,1H3,(H,14,15). The number of hydrogen-bond acceptors (Lipinski definition) is 4. The van der Waals surface area contributed by atoms with Gasteiger partial charge in [0, 0.05) is 26.2 Å². The molecule has 0 aliphatic carbocycles. The smallest absolute Gasteiger partial charge is 0.409 e. The minimum atomic E-state index is -0.330. The Morgan fingerprint density at radius 3 is 2.35 bits per heavy atom. The first-order chi connectivity index (χ1) is 9.54. The second-order valence-corrected chi connectivity index (χ2v) is 5.76. The Balaban J connectivity index is 1.95. The molecule has 0 unspecified atom stereocenters. The number of amides is 2. The number of ether oxygens (including phenoxy) is 1. The zero-order valence-electron chi connectivity index (χ0n) is 10.9. The fourth-order valence-corrected chi connectivity index (χ4v) is 2.53. The molecule has 1 aliphatic rings. The van der Waals surface area contributed by atoms with Crippen molar-refractivity contribution in [2.45, 2.75) is 6.92 Å². The van der Waals surface area contributed by atoms with Crippen molar-refractivity contribution in [1.82, 2.24) is 20.0 Å². The molecule has 0 atom stereocenters. The summed E-state index contributed by atoms with van der Waals surface area (Å²) in [6.07, 6.45) is -0.330. The van der Waals surface area contributed by atoms with Crippen LogP contribution in [-0.2, 0) is 4.74 Å². The van der Waals surface area contributed by atoms with Crippen LogP contribution in [0.5, 0.6) is 0 Å². The minimum absolute atomic E-state index is 0.165. The van der Waals surface area contributed by atoms with Crippen LogP contribution in [-0.4, -0.2) is 64.8 Å². The maximum atomic E-state index is 12.3. The van der Waals surface area contributed by atoms with E-state index < -0.39 is 0 Å². The number of carbonyl (C=O) groups excluding carboxylic acids is 2. The number of rotatable bonds is 2. The van der Waals surface area contributed by atoms with E-state index >= 15 is 0 Å². The van der Waals surface area contributed by atoms with Crippen molar-refractivity contribution in [3.8, 4) is 0 Å². The molecule has 0 spiro atoms. The van der Waals surface area contributed by atoms with E-state index in [-0.39, 0.29) is 12.0 Å². The van der Waals surface area contributed by atoms with Gasteiger partial charge in [0.2, 0.25) is 0 Å². The molecule has 1 aromatic rings. The van der Waals surface area contributed by atoms with Crippen LogP contribution in [0.15, 0.2) is 9.08 Å². The van der Waals surface area contributed by atoms with E-state index in [1.807, 2.05) is 0 Å². The van der Waals surface area contributed by atoms with Crippen LogP contribution in [0, 0.1) is 0 Å². The number of halogens is 2. The van der Waals surface area contributed by atoms with Crippen molar-refractivity contribution >= 4 is 43.9 Å². The fraction of sp³-hybridized carbons (Fsp3) is 0.545. The number of carbonyl (C=O) groups is 2. The van der Waals surface area contributed by atoms with Crippen LogP contribution in [0.2, 0.25) is 0 Å². The van der Waals surface area contributed by atoms with E-state index in [2.05, 4.69) is 42.1 Å². The number of piperazine rings is 1. The van der Waals surface area contributed by atoms with Gasteiger partial charge in [-0.05, 0) is 38.8 Å². The zero-order valence-corrected chi connectivity index (χ0v) is 14.0. The van der Waals surface area contributed by atoms with E-state index in [1.165, 1.54) is 0 Å². The van der Waals surface area contributed by atoms with Crippen molar-refractivity contribution in [1.29, 1.82) is 0 Å². The summed E-state index contributed by atoms with van der Waals surface area (Å²) in [6.45, 7) is 3.99. The van der Waals surface area contributed by atoms with E-state index in [9.17, 15) is 9.59 Å². The molecule has 1 aromatic heterocycles. The lowest BCUT2D eigenvalue weighted by molar-refractivity contribution is 0.0565. The summed E-state index contributed by atoms with van der Waals surface area (Å²) in [7, 11) is 0. The lowest BCUT2D eigenvalue weighted by Crippen LogP contribution is -2.50. The number of aromatic amines is 1. The van der Waals surface area contributed by atoms with Crippen LogP contribution < -0.4 is 0 Å². The summed E-state index contributed by atoms with van der Waals surface area (Å²) in [5.74, 6) is -0.165. The molecule has 0 radical (unpaired) electrons. The van der Waals surface area contributed by atoms with E-state index in [0.717, 1.165) is 0 Å². The summed E-state index contributed by atoms with van der Waals surface area (Å²) >= 11 is 6.55. The fourth-order valence-electron chi connectivity index (χ4n) is 1.91. The van der Waals surface area contributed by atoms with Gasteiger partial charge < -0.3 is 14.5 Å². The van der Waals surface area contributed by atoms with Gasteiger partial charge in [0.1, 0.15) is 4.60 Å². The van der Waals surface area contributed by atoms with Crippen molar-refractivity contribution in [2.75, 3.05) is 32.8 Å². The molecule has 2 heterocycles. The van der Waals surface area contributed by atoms with Crippen molar-refractivity contribution in [3.63, 3.8) is 0 Å². The molecule has 0 aromatic carbocycles. The Hall–Kier alpha value is -1.09. The molecule has 1 aliphatic heterocycles. The van der Waals surface area contributed by atoms with Gasteiger partial charge in [-0.2, -0.15) is 5.10 Å². The van der Waals surface area contributed by atoms with Crippen LogP contribution in [0.4, 0.5) is 4.79 Å². The van der Waals surface area contributed by atoms with Gasteiger partial charge >= 0.3 is 6.09 Å². The quantitative estimate of drug-likeness (QED) is 0.808. The molecule has 9 heteroatoms. The molecule has 1 fully saturated rings. The number of hydrogen-bond donors (Lipinski definition) is 1. The lowest BCUT2D eigenvalue weighted by Gasteiger charge is -2.33. The SMILES string of the molecule is CCOC(=O)N1CCN(C(=O)c2n[nH]c(Br)c2Br)CC1. The third-order valence-corrected chi connectivity index (χ3v) is 4.84. The summed E-state index contributed by atoms with van der Waals surface area (Å²) < 4.78 is 6.17. The third-order valence-electron chi connectivity index (χ3n) is 2.96.